The number of methoxy groups -OCH3 is 2. The van der Waals surface area contributed by atoms with Gasteiger partial charge in [-0.05, 0) is 12.1 Å². The van der Waals surface area contributed by atoms with Gasteiger partial charge < -0.3 is 29.0 Å². The summed E-state index contributed by atoms with van der Waals surface area (Å²) in [6, 6.07) is 3.24. The summed E-state index contributed by atoms with van der Waals surface area (Å²) >= 11 is 0. The maximum absolute atomic E-state index is 12.1. The van der Waals surface area contributed by atoms with Crippen molar-refractivity contribution >= 4 is 17.7 Å². The lowest BCUT2D eigenvalue weighted by Crippen LogP contribution is -2.54. The highest BCUT2D eigenvalue weighted by atomic mass is 16.7. The number of ether oxygens (including phenoxy) is 2. The Morgan fingerprint density at radius 2 is 1.79 bits per heavy atom. The molecule has 1 saturated heterocycles. The lowest BCUT2D eigenvalue weighted by Gasteiger charge is -2.33. The van der Waals surface area contributed by atoms with E-state index < -0.39 is 18.1 Å². The lowest BCUT2D eigenvalue weighted by molar-refractivity contribution is -0.148. The molecule has 0 unspecified atom stereocenters. The van der Waals surface area contributed by atoms with Crippen molar-refractivity contribution in [1.82, 2.24) is 15.1 Å². The average molecular weight is 339 g/mol. The van der Waals surface area contributed by atoms with Crippen LogP contribution in [-0.2, 0) is 19.1 Å². The third-order valence-electron chi connectivity index (χ3n) is 3.74. The predicted molar refractivity (Wildman–Crippen MR) is 82.0 cm³/mol. The van der Waals surface area contributed by atoms with Gasteiger partial charge >= 0.3 is 11.8 Å². The van der Waals surface area contributed by atoms with Crippen molar-refractivity contribution in [3.8, 4) is 0 Å². The van der Waals surface area contributed by atoms with E-state index in [0.29, 0.717) is 13.1 Å². The molecule has 0 aromatic carbocycles. The Morgan fingerprint density at radius 1 is 1.17 bits per heavy atom. The SMILES string of the molecule is COC(CNC(=O)C(=O)N1CCN(C(=O)c2ccco2)CC1)OC. The molecule has 2 heterocycles. The van der Waals surface area contributed by atoms with Crippen molar-refractivity contribution in [2.45, 2.75) is 6.29 Å². The Morgan fingerprint density at radius 3 is 2.33 bits per heavy atom. The van der Waals surface area contributed by atoms with Crippen LogP contribution in [0.3, 0.4) is 0 Å². The molecule has 0 atom stereocenters. The third-order valence-corrected chi connectivity index (χ3v) is 3.74. The molecule has 0 aliphatic carbocycles. The summed E-state index contributed by atoms with van der Waals surface area (Å²) in [6.45, 7) is 1.34. The first-order chi connectivity index (χ1) is 11.6. The minimum Gasteiger partial charge on any atom is -0.459 e. The number of rotatable bonds is 5. The van der Waals surface area contributed by atoms with Gasteiger partial charge in [-0.2, -0.15) is 0 Å². The maximum atomic E-state index is 12.1. The first-order valence-corrected chi connectivity index (χ1v) is 7.52. The van der Waals surface area contributed by atoms with E-state index in [-0.39, 0.29) is 31.3 Å². The number of amides is 3. The predicted octanol–water partition coefficient (Wildman–Crippen LogP) is -0.701. The van der Waals surface area contributed by atoms with Crippen LogP contribution in [0.15, 0.2) is 22.8 Å². The molecule has 24 heavy (non-hydrogen) atoms. The molecule has 1 aromatic heterocycles. The van der Waals surface area contributed by atoms with Crippen LogP contribution in [0.5, 0.6) is 0 Å². The molecule has 1 N–H and O–H groups in total. The molecule has 9 nitrogen and oxygen atoms in total. The van der Waals surface area contributed by atoms with E-state index in [0.717, 1.165) is 0 Å². The second kappa shape index (κ2) is 8.46. The minimum absolute atomic E-state index is 0.0779. The Labute approximate surface area is 139 Å². The van der Waals surface area contributed by atoms with E-state index in [1.807, 2.05) is 0 Å². The van der Waals surface area contributed by atoms with E-state index in [9.17, 15) is 14.4 Å². The van der Waals surface area contributed by atoms with Gasteiger partial charge in [0.25, 0.3) is 5.91 Å². The van der Waals surface area contributed by atoms with Crippen LogP contribution in [0.4, 0.5) is 0 Å². The second-order valence-electron chi connectivity index (χ2n) is 5.17. The molecule has 1 aliphatic heterocycles. The third kappa shape index (κ3) is 4.33. The first kappa shape index (κ1) is 18.0. The molecule has 3 amide bonds. The van der Waals surface area contributed by atoms with Crippen molar-refractivity contribution < 1.29 is 28.3 Å². The molecule has 0 bridgehead atoms. The molecule has 1 aliphatic rings. The number of piperazine rings is 1. The van der Waals surface area contributed by atoms with Gasteiger partial charge in [-0.1, -0.05) is 0 Å². The fourth-order valence-electron chi connectivity index (χ4n) is 2.33. The molecule has 0 spiro atoms. The fraction of sp³-hybridized carbons (Fsp3) is 0.533. The largest absolute Gasteiger partial charge is 0.459 e. The lowest BCUT2D eigenvalue weighted by atomic mass is 10.2. The monoisotopic (exact) mass is 339 g/mol. The molecule has 132 valence electrons. The zero-order chi connectivity index (χ0) is 17.5. The van der Waals surface area contributed by atoms with Crippen molar-refractivity contribution in [1.29, 1.82) is 0 Å². The molecular formula is C15H21N3O6. The van der Waals surface area contributed by atoms with Gasteiger partial charge in [0.15, 0.2) is 12.1 Å². The van der Waals surface area contributed by atoms with Gasteiger partial charge in [0.1, 0.15) is 0 Å². The van der Waals surface area contributed by atoms with Crippen LogP contribution in [0.25, 0.3) is 0 Å². The smallest absolute Gasteiger partial charge is 0.312 e. The van der Waals surface area contributed by atoms with Crippen LogP contribution in [0.1, 0.15) is 10.6 Å². The number of hydrogen-bond acceptors (Lipinski definition) is 6. The van der Waals surface area contributed by atoms with Gasteiger partial charge in [-0.15, -0.1) is 0 Å². The molecule has 1 fully saturated rings. The van der Waals surface area contributed by atoms with E-state index in [2.05, 4.69) is 5.32 Å². The second-order valence-corrected chi connectivity index (χ2v) is 5.17. The number of carbonyl (C=O) groups is 3. The van der Waals surface area contributed by atoms with E-state index >= 15 is 0 Å². The standard InChI is InChI=1S/C15H21N3O6/c1-22-12(23-2)10-16-13(19)15(21)18-7-5-17(6-8-18)14(20)11-4-3-9-24-11/h3-4,9,12H,5-8,10H2,1-2H3,(H,16,19). The molecule has 9 heteroatoms. The van der Waals surface area contributed by atoms with E-state index in [1.54, 1.807) is 17.0 Å². The van der Waals surface area contributed by atoms with Gasteiger partial charge in [0, 0.05) is 40.4 Å². The Hall–Kier alpha value is -2.39. The quantitative estimate of drug-likeness (QED) is 0.562. The fourth-order valence-corrected chi connectivity index (χ4v) is 2.33. The van der Waals surface area contributed by atoms with E-state index in [1.165, 1.54) is 25.4 Å². The van der Waals surface area contributed by atoms with Gasteiger partial charge in [-0.25, -0.2) is 0 Å². The molecular weight excluding hydrogens is 318 g/mol. The number of hydrogen-bond donors (Lipinski definition) is 1. The highest BCUT2D eigenvalue weighted by Gasteiger charge is 2.29. The summed E-state index contributed by atoms with van der Waals surface area (Å²) in [7, 11) is 2.88. The number of furan rings is 1. The maximum Gasteiger partial charge on any atom is 0.312 e. The summed E-state index contributed by atoms with van der Waals surface area (Å²) < 4.78 is 14.9. The molecule has 0 saturated carbocycles. The highest BCUT2D eigenvalue weighted by Crippen LogP contribution is 2.09. The molecule has 2 rings (SSSR count). The topological polar surface area (TPSA) is 101 Å². The zero-order valence-electron chi connectivity index (χ0n) is 13.7. The normalized spacial score (nSPS) is 14.8. The van der Waals surface area contributed by atoms with Crippen molar-refractivity contribution in [2.24, 2.45) is 0 Å². The Bertz CT molecular complexity index is 562. The van der Waals surface area contributed by atoms with Crippen molar-refractivity contribution in [2.75, 3.05) is 46.9 Å². The summed E-state index contributed by atoms with van der Waals surface area (Å²) in [5, 5.41) is 2.46. The number of nitrogens with zero attached hydrogens (tertiary/aromatic N) is 2. The zero-order valence-corrected chi connectivity index (χ0v) is 13.7. The average Bonchev–Trinajstić information content (AvgIpc) is 3.16. The summed E-state index contributed by atoms with van der Waals surface area (Å²) in [5.41, 5.74) is 0. The van der Waals surface area contributed by atoms with Crippen LogP contribution in [0, 0.1) is 0 Å². The highest BCUT2D eigenvalue weighted by molar-refractivity contribution is 6.35. The van der Waals surface area contributed by atoms with Gasteiger partial charge in [0.2, 0.25) is 0 Å². The summed E-state index contributed by atoms with van der Waals surface area (Å²) in [4.78, 5) is 39.1. The Kier molecular flexibility index (Phi) is 6.33. The van der Waals surface area contributed by atoms with Gasteiger partial charge in [0.05, 0.1) is 12.8 Å². The van der Waals surface area contributed by atoms with Gasteiger partial charge in [-0.3, -0.25) is 14.4 Å². The molecule has 1 aromatic rings. The number of nitrogens with one attached hydrogen (secondary N) is 1. The number of carbonyl (C=O) groups excluding carboxylic acids is 3. The van der Waals surface area contributed by atoms with Crippen LogP contribution >= 0.6 is 0 Å². The van der Waals surface area contributed by atoms with Crippen molar-refractivity contribution in [3.63, 3.8) is 0 Å². The first-order valence-electron chi connectivity index (χ1n) is 7.52. The van der Waals surface area contributed by atoms with Crippen LogP contribution in [0.2, 0.25) is 0 Å². The summed E-state index contributed by atoms with van der Waals surface area (Å²) in [6.07, 6.45) is 0.828. The van der Waals surface area contributed by atoms with E-state index in [4.69, 9.17) is 13.9 Å². The summed E-state index contributed by atoms with van der Waals surface area (Å²) in [5.74, 6) is -1.32. The Balaban J connectivity index is 1.80. The van der Waals surface area contributed by atoms with Crippen LogP contribution in [-0.4, -0.2) is 80.8 Å². The minimum atomic E-state index is -0.722. The molecule has 0 radical (unpaired) electrons. The van der Waals surface area contributed by atoms with Crippen LogP contribution < -0.4 is 5.32 Å². The van der Waals surface area contributed by atoms with Crippen molar-refractivity contribution in [3.05, 3.63) is 24.2 Å².